The fourth-order valence-electron chi connectivity index (χ4n) is 1.67. The van der Waals surface area contributed by atoms with Crippen molar-refractivity contribution < 1.29 is 18.7 Å². The zero-order valence-electron chi connectivity index (χ0n) is 10.7. The summed E-state index contributed by atoms with van der Waals surface area (Å²) in [5.41, 5.74) is 0.434. The number of ether oxygens (including phenoxy) is 2. The average molecular weight is 295 g/mol. The van der Waals surface area contributed by atoms with Crippen LogP contribution in [0.15, 0.2) is 42.5 Å². The molecule has 0 bridgehead atoms. The first-order valence-electron chi connectivity index (χ1n) is 5.86. The molecule has 5 heteroatoms. The Kier molecular flexibility index (Phi) is 4.58. The third-order valence-electron chi connectivity index (χ3n) is 2.67. The van der Waals surface area contributed by atoms with E-state index < -0.39 is 5.82 Å². The lowest BCUT2D eigenvalue weighted by Gasteiger charge is -2.09. The molecule has 0 unspecified atom stereocenters. The van der Waals surface area contributed by atoms with Gasteiger partial charge in [0.1, 0.15) is 17.3 Å². The van der Waals surface area contributed by atoms with E-state index in [0.717, 1.165) is 0 Å². The van der Waals surface area contributed by atoms with Gasteiger partial charge in [0.05, 0.1) is 17.7 Å². The Hall–Kier alpha value is -2.07. The van der Waals surface area contributed by atoms with Crippen LogP contribution in [0.3, 0.4) is 0 Å². The maximum Gasteiger partial charge on any atom is 0.203 e. The van der Waals surface area contributed by atoms with Crippen molar-refractivity contribution in [3.63, 3.8) is 0 Å². The Morgan fingerprint density at radius 2 is 2.00 bits per heavy atom. The van der Waals surface area contributed by atoms with Crippen molar-refractivity contribution in [3.05, 3.63) is 58.9 Å². The normalized spacial score (nSPS) is 10.2. The van der Waals surface area contributed by atoms with E-state index in [1.165, 1.54) is 25.3 Å². The highest BCUT2D eigenvalue weighted by molar-refractivity contribution is 6.30. The van der Waals surface area contributed by atoms with Gasteiger partial charge in [0, 0.05) is 6.07 Å². The van der Waals surface area contributed by atoms with Crippen molar-refractivity contribution in [1.82, 2.24) is 0 Å². The summed E-state index contributed by atoms with van der Waals surface area (Å²) in [4.78, 5) is 12.0. The minimum atomic E-state index is -0.532. The lowest BCUT2D eigenvalue weighted by atomic mass is 10.1. The maximum absolute atomic E-state index is 13.0. The second kappa shape index (κ2) is 6.39. The first-order valence-corrected chi connectivity index (χ1v) is 6.23. The van der Waals surface area contributed by atoms with Gasteiger partial charge in [-0.25, -0.2) is 4.39 Å². The standard InChI is InChI=1S/C15H12ClFO3/c1-19-15-5-3-2-4-11(15)14(18)9-20-10-6-7-13(17)12(16)8-10/h2-8H,9H2,1H3. The van der Waals surface area contributed by atoms with Gasteiger partial charge in [-0.05, 0) is 24.3 Å². The molecule has 0 heterocycles. The number of hydrogen-bond acceptors (Lipinski definition) is 3. The quantitative estimate of drug-likeness (QED) is 0.788. The Balaban J connectivity index is 2.06. The summed E-state index contributed by atoms with van der Waals surface area (Å²) in [6.07, 6.45) is 0. The van der Waals surface area contributed by atoms with Gasteiger partial charge in [-0.3, -0.25) is 4.79 Å². The summed E-state index contributed by atoms with van der Waals surface area (Å²) in [6.45, 7) is -0.178. The van der Waals surface area contributed by atoms with E-state index in [0.29, 0.717) is 17.1 Å². The molecule has 2 aromatic rings. The molecule has 20 heavy (non-hydrogen) atoms. The first-order chi connectivity index (χ1) is 9.61. The number of benzene rings is 2. The van der Waals surface area contributed by atoms with E-state index in [-0.39, 0.29) is 17.4 Å². The monoisotopic (exact) mass is 294 g/mol. The van der Waals surface area contributed by atoms with Crippen LogP contribution in [0.1, 0.15) is 10.4 Å². The molecule has 0 aliphatic heterocycles. The molecule has 0 saturated carbocycles. The molecular formula is C15H12ClFO3. The molecule has 104 valence electrons. The zero-order valence-corrected chi connectivity index (χ0v) is 11.5. The maximum atomic E-state index is 13.0. The topological polar surface area (TPSA) is 35.5 Å². The molecule has 0 saturated heterocycles. The summed E-state index contributed by atoms with van der Waals surface area (Å²) < 4.78 is 23.4. The van der Waals surface area contributed by atoms with E-state index in [9.17, 15) is 9.18 Å². The number of para-hydroxylation sites is 1. The second-order valence-corrected chi connectivity index (χ2v) is 4.40. The highest BCUT2D eigenvalue weighted by Crippen LogP contribution is 2.22. The zero-order chi connectivity index (χ0) is 14.5. The van der Waals surface area contributed by atoms with E-state index in [2.05, 4.69) is 0 Å². The van der Waals surface area contributed by atoms with Crippen LogP contribution < -0.4 is 9.47 Å². The van der Waals surface area contributed by atoms with Crippen molar-refractivity contribution in [2.24, 2.45) is 0 Å². The fraction of sp³-hybridized carbons (Fsp3) is 0.133. The van der Waals surface area contributed by atoms with E-state index in [1.807, 2.05) is 0 Å². The number of methoxy groups -OCH3 is 1. The minimum Gasteiger partial charge on any atom is -0.496 e. The van der Waals surface area contributed by atoms with Crippen LogP contribution in [-0.2, 0) is 0 Å². The molecule has 2 rings (SSSR count). The number of carbonyl (C=O) groups excluding carboxylic acids is 1. The molecule has 0 radical (unpaired) electrons. The van der Waals surface area contributed by atoms with Crippen LogP contribution in [0.5, 0.6) is 11.5 Å². The van der Waals surface area contributed by atoms with Crippen LogP contribution in [0.2, 0.25) is 5.02 Å². The largest absolute Gasteiger partial charge is 0.496 e. The number of ketones is 1. The van der Waals surface area contributed by atoms with Gasteiger partial charge in [0.25, 0.3) is 0 Å². The van der Waals surface area contributed by atoms with Gasteiger partial charge in [-0.2, -0.15) is 0 Å². The predicted molar refractivity (Wildman–Crippen MR) is 74.2 cm³/mol. The van der Waals surface area contributed by atoms with Crippen molar-refractivity contribution in [1.29, 1.82) is 0 Å². The van der Waals surface area contributed by atoms with Crippen LogP contribution in [-0.4, -0.2) is 19.5 Å². The second-order valence-electron chi connectivity index (χ2n) is 3.99. The molecule has 3 nitrogen and oxygen atoms in total. The number of Topliss-reactive ketones (excluding diaryl/α,β-unsaturated/α-hetero) is 1. The van der Waals surface area contributed by atoms with Crippen molar-refractivity contribution >= 4 is 17.4 Å². The molecule has 0 atom stereocenters. The van der Waals surface area contributed by atoms with E-state index >= 15 is 0 Å². The number of halogens is 2. The molecule has 0 aliphatic carbocycles. The van der Waals surface area contributed by atoms with Gasteiger partial charge in [-0.1, -0.05) is 23.7 Å². The van der Waals surface area contributed by atoms with Crippen LogP contribution >= 0.6 is 11.6 Å². The number of hydrogen-bond donors (Lipinski definition) is 0. The Bertz CT molecular complexity index is 628. The smallest absolute Gasteiger partial charge is 0.203 e. The van der Waals surface area contributed by atoms with Crippen molar-refractivity contribution in [2.75, 3.05) is 13.7 Å². The first kappa shape index (κ1) is 14.3. The van der Waals surface area contributed by atoms with Crippen molar-refractivity contribution in [2.45, 2.75) is 0 Å². The average Bonchev–Trinajstić information content (AvgIpc) is 2.48. The molecule has 0 aliphatic rings. The van der Waals surface area contributed by atoms with Gasteiger partial charge in [-0.15, -0.1) is 0 Å². The van der Waals surface area contributed by atoms with Gasteiger partial charge >= 0.3 is 0 Å². The van der Waals surface area contributed by atoms with E-state index in [1.54, 1.807) is 24.3 Å². The molecule has 0 N–H and O–H groups in total. The van der Waals surface area contributed by atoms with Gasteiger partial charge < -0.3 is 9.47 Å². The fourth-order valence-corrected chi connectivity index (χ4v) is 1.84. The Morgan fingerprint density at radius 3 is 2.70 bits per heavy atom. The highest BCUT2D eigenvalue weighted by Gasteiger charge is 2.12. The minimum absolute atomic E-state index is 0.0489. The SMILES string of the molecule is COc1ccccc1C(=O)COc1ccc(F)c(Cl)c1. The summed E-state index contributed by atoms with van der Waals surface area (Å²) in [5.74, 6) is 0.0517. The summed E-state index contributed by atoms with van der Waals surface area (Å²) in [7, 11) is 1.49. The molecule has 0 aromatic heterocycles. The number of carbonyl (C=O) groups is 1. The summed E-state index contributed by atoms with van der Waals surface area (Å²) >= 11 is 5.63. The van der Waals surface area contributed by atoms with Crippen molar-refractivity contribution in [3.8, 4) is 11.5 Å². The Morgan fingerprint density at radius 1 is 1.25 bits per heavy atom. The van der Waals surface area contributed by atoms with Gasteiger partial charge in [0.15, 0.2) is 6.61 Å². The number of rotatable bonds is 5. The third kappa shape index (κ3) is 3.27. The summed E-state index contributed by atoms with van der Waals surface area (Å²) in [5, 5.41) is -0.0489. The molecular weight excluding hydrogens is 283 g/mol. The molecule has 2 aromatic carbocycles. The van der Waals surface area contributed by atoms with Crippen LogP contribution in [0, 0.1) is 5.82 Å². The highest BCUT2D eigenvalue weighted by atomic mass is 35.5. The Labute approximate surface area is 120 Å². The molecule has 0 amide bonds. The lowest BCUT2D eigenvalue weighted by molar-refractivity contribution is 0.0918. The lowest BCUT2D eigenvalue weighted by Crippen LogP contribution is -2.12. The van der Waals surface area contributed by atoms with Crippen LogP contribution in [0.25, 0.3) is 0 Å². The predicted octanol–water partition coefficient (Wildman–Crippen LogP) is 3.75. The molecule has 0 spiro atoms. The third-order valence-corrected chi connectivity index (χ3v) is 2.96. The molecule has 0 fully saturated rings. The summed E-state index contributed by atoms with van der Waals surface area (Å²) in [6, 6.07) is 10.8. The van der Waals surface area contributed by atoms with E-state index in [4.69, 9.17) is 21.1 Å². The van der Waals surface area contributed by atoms with Gasteiger partial charge in [0.2, 0.25) is 5.78 Å². The van der Waals surface area contributed by atoms with Crippen LogP contribution in [0.4, 0.5) is 4.39 Å².